The van der Waals surface area contributed by atoms with Crippen LogP contribution in [0.1, 0.15) is 36.5 Å². The van der Waals surface area contributed by atoms with Crippen LogP contribution >= 0.6 is 24.0 Å². The zero-order valence-electron chi connectivity index (χ0n) is 18.5. The average Bonchev–Trinajstić information content (AvgIpc) is 3.49. The van der Waals surface area contributed by atoms with Crippen LogP contribution in [0.4, 0.5) is 0 Å². The highest BCUT2D eigenvalue weighted by atomic mass is 127. The van der Waals surface area contributed by atoms with Crippen LogP contribution in [0.5, 0.6) is 5.75 Å². The van der Waals surface area contributed by atoms with Crippen LogP contribution in [-0.2, 0) is 19.6 Å². The lowest BCUT2D eigenvalue weighted by Gasteiger charge is -2.14. The van der Waals surface area contributed by atoms with Gasteiger partial charge in [-0.1, -0.05) is 42.5 Å². The van der Waals surface area contributed by atoms with E-state index in [1.165, 1.54) is 24.0 Å². The normalized spacial score (nSPS) is 13.3. The number of para-hydroxylation sites is 1. The van der Waals surface area contributed by atoms with Crippen molar-refractivity contribution in [3.8, 4) is 5.75 Å². The smallest absolute Gasteiger partial charge is 0.191 e. The molecule has 0 radical (unpaired) electrons. The Morgan fingerprint density at radius 2 is 1.88 bits per heavy atom. The largest absolute Gasteiger partial charge is 0.493 e. The van der Waals surface area contributed by atoms with Gasteiger partial charge < -0.3 is 19.9 Å². The third kappa shape index (κ3) is 7.55. The molecule has 0 saturated heterocycles. The van der Waals surface area contributed by atoms with Gasteiger partial charge in [-0.3, -0.25) is 0 Å². The molecule has 2 aromatic carbocycles. The van der Waals surface area contributed by atoms with Crippen molar-refractivity contribution in [1.82, 2.24) is 20.2 Å². The van der Waals surface area contributed by atoms with Crippen LogP contribution in [0.2, 0.25) is 0 Å². The summed E-state index contributed by atoms with van der Waals surface area (Å²) in [6.07, 6.45) is 8.20. The molecule has 0 atom stereocenters. The first-order valence-electron chi connectivity index (χ1n) is 11.1. The zero-order chi connectivity index (χ0) is 21.3. The summed E-state index contributed by atoms with van der Waals surface area (Å²) in [5.41, 5.74) is 3.58. The Hall–Kier alpha value is -2.55. The van der Waals surface area contributed by atoms with E-state index in [0.717, 1.165) is 42.9 Å². The predicted molar refractivity (Wildman–Crippen MR) is 140 cm³/mol. The van der Waals surface area contributed by atoms with E-state index >= 15 is 0 Å². The quantitative estimate of drug-likeness (QED) is 0.222. The van der Waals surface area contributed by atoms with Gasteiger partial charge in [-0.2, -0.15) is 0 Å². The van der Waals surface area contributed by atoms with Crippen molar-refractivity contribution in [3.05, 3.63) is 83.9 Å². The first-order chi connectivity index (χ1) is 15.3. The fourth-order valence-corrected chi connectivity index (χ4v) is 3.32. The second-order valence-corrected chi connectivity index (χ2v) is 7.96. The first kappa shape index (κ1) is 24.1. The number of aromatic nitrogens is 2. The highest BCUT2D eigenvalue weighted by molar-refractivity contribution is 14.0. The number of nitrogens with one attached hydrogen (secondary N) is 2. The van der Waals surface area contributed by atoms with Gasteiger partial charge in [0.25, 0.3) is 0 Å². The van der Waals surface area contributed by atoms with Gasteiger partial charge in [0.15, 0.2) is 5.96 Å². The second-order valence-electron chi connectivity index (χ2n) is 7.96. The maximum atomic E-state index is 6.03. The van der Waals surface area contributed by atoms with Crippen molar-refractivity contribution in [2.45, 2.75) is 39.4 Å². The number of benzene rings is 2. The molecule has 32 heavy (non-hydrogen) atoms. The molecular formula is C25H32IN5O. The number of ether oxygens (including phenoxy) is 1. The van der Waals surface area contributed by atoms with E-state index in [-0.39, 0.29) is 24.0 Å². The van der Waals surface area contributed by atoms with Crippen LogP contribution in [0.15, 0.2) is 72.2 Å². The SMILES string of the molecule is CCNC(=NCc1ccc(Cn2ccnc2)cc1)NCc1ccccc1OCC1CC1.I. The summed E-state index contributed by atoms with van der Waals surface area (Å²) in [6.45, 7) is 5.85. The minimum absolute atomic E-state index is 0. The van der Waals surface area contributed by atoms with Gasteiger partial charge in [-0.05, 0) is 42.9 Å². The molecule has 6 nitrogen and oxygen atoms in total. The second kappa shape index (κ2) is 12.5. The summed E-state index contributed by atoms with van der Waals surface area (Å²) in [5.74, 6) is 2.51. The van der Waals surface area contributed by atoms with Crippen molar-refractivity contribution in [2.24, 2.45) is 10.9 Å². The van der Waals surface area contributed by atoms with Crippen LogP contribution < -0.4 is 15.4 Å². The van der Waals surface area contributed by atoms with Crippen LogP contribution in [0, 0.1) is 5.92 Å². The van der Waals surface area contributed by atoms with Gasteiger partial charge in [0.05, 0.1) is 19.5 Å². The minimum Gasteiger partial charge on any atom is -0.493 e. The monoisotopic (exact) mass is 545 g/mol. The standard InChI is InChI=1S/C25H31N5O.HI/c1-2-27-25(29-16-23-5-3-4-6-24(23)31-18-22-11-12-22)28-15-20-7-9-21(10-8-20)17-30-14-13-26-19-30;/h3-10,13-14,19,22H,2,11-12,15-18H2,1H3,(H2,27,28,29);1H. The summed E-state index contributed by atoms with van der Waals surface area (Å²) < 4.78 is 8.09. The molecule has 1 fully saturated rings. The number of halogens is 1. The summed E-state index contributed by atoms with van der Waals surface area (Å²) in [7, 11) is 0. The molecule has 2 N–H and O–H groups in total. The van der Waals surface area contributed by atoms with Crippen LogP contribution in [0.3, 0.4) is 0 Å². The summed E-state index contributed by atoms with van der Waals surface area (Å²) in [5, 5.41) is 6.77. The Kier molecular flexibility index (Phi) is 9.40. The molecule has 1 aromatic heterocycles. The molecule has 0 unspecified atom stereocenters. The van der Waals surface area contributed by atoms with E-state index in [4.69, 9.17) is 9.73 Å². The Bertz CT molecular complexity index is 968. The third-order valence-electron chi connectivity index (χ3n) is 5.30. The molecule has 0 spiro atoms. The van der Waals surface area contributed by atoms with Gasteiger partial charge in [-0.15, -0.1) is 24.0 Å². The molecular weight excluding hydrogens is 513 g/mol. The van der Waals surface area contributed by atoms with Gasteiger partial charge >= 0.3 is 0 Å². The van der Waals surface area contributed by atoms with E-state index in [9.17, 15) is 0 Å². The van der Waals surface area contributed by atoms with Crippen molar-refractivity contribution < 1.29 is 4.74 Å². The number of aliphatic imine (C=N–C) groups is 1. The highest BCUT2D eigenvalue weighted by Gasteiger charge is 2.22. The molecule has 3 aromatic rings. The van der Waals surface area contributed by atoms with E-state index in [2.05, 4.69) is 69.6 Å². The molecule has 0 aliphatic heterocycles. The third-order valence-corrected chi connectivity index (χ3v) is 5.30. The van der Waals surface area contributed by atoms with Crippen molar-refractivity contribution in [2.75, 3.05) is 13.2 Å². The minimum atomic E-state index is 0. The Morgan fingerprint density at radius 3 is 2.59 bits per heavy atom. The molecule has 4 rings (SSSR count). The fraction of sp³-hybridized carbons (Fsp3) is 0.360. The molecule has 1 aliphatic rings. The molecule has 1 saturated carbocycles. The topological polar surface area (TPSA) is 63.5 Å². The number of guanidine groups is 1. The van der Waals surface area contributed by atoms with Gasteiger partial charge in [0, 0.05) is 37.6 Å². The van der Waals surface area contributed by atoms with Crippen LogP contribution in [0.25, 0.3) is 0 Å². The van der Waals surface area contributed by atoms with Gasteiger partial charge in [0.1, 0.15) is 5.75 Å². The van der Waals surface area contributed by atoms with Gasteiger partial charge in [0.2, 0.25) is 0 Å². The lowest BCUT2D eigenvalue weighted by atomic mass is 10.1. The number of nitrogens with zero attached hydrogens (tertiary/aromatic N) is 3. The summed E-state index contributed by atoms with van der Waals surface area (Å²) >= 11 is 0. The Labute approximate surface area is 207 Å². The number of hydrogen-bond donors (Lipinski definition) is 2. The summed E-state index contributed by atoms with van der Waals surface area (Å²) in [6, 6.07) is 16.8. The number of hydrogen-bond acceptors (Lipinski definition) is 3. The van der Waals surface area contributed by atoms with E-state index < -0.39 is 0 Å². The number of rotatable bonds is 10. The lowest BCUT2D eigenvalue weighted by Crippen LogP contribution is -2.36. The highest BCUT2D eigenvalue weighted by Crippen LogP contribution is 2.30. The van der Waals surface area contributed by atoms with Crippen molar-refractivity contribution in [1.29, 1.82) is 0 Å². The molecule has 0 amide bonds. The lowest BCUT2D eigenvalue weighted by molar-refractivity contribution is 0.296. The maximum Gasteiger partial charge on any atom is 0.191 e. The summed E-state index contributed by atoms with van der Waals surface area (Å²) in [4.78, 5) is 8.85. The van der Waals surface area contributed by atoms with E-state index in [1.54, 1.807) is 6.20 Å². The fourth-order valence-electron chi connectivity index (χ4n) is 3.32. The van der Waals surface area contributed by atoms with E-state index in [1.807, 2.05) is 18.6 Å². The van der Waals surface area contributed by atoms with Crippen molar-refractivity contribution >= 4 is 29.9 Å². The molecule has 170 valence electrons. The van der Waals surface area contributed by atoms with Crippen LogP contribution in [-0.4, -0.2) is 28.7 Å². The molecule has 7 heteroatoms. The zero-order valence-corrected chi connectivity index (χ0v) is 20.9. The average molecular weight is 545 g/mol. The Morgan fingerprint density at radius 1 is 1.09 bits per heavy atom. The Balaban J connectivity index is 0.00000289. The number of imidazole rings is 1. The van der Waals surface area contributed by atoms with E-state index in [0.29, 0.717) is 13.1 Å². The maximum absolute atomic E-state index is 6.03. The molecule has 1 heterocycles. The van der Waals surface area contributed by atoms with Crippen molar-refractivity contribution in [3.63, 3.8) is 0 Å². The molecule has 0 bridgehead atoms. The first-order valence-corrected chi connectivity index (χ1v) is 11.1. The predicted octanol–water partition coefficient (Wildman–Crippen LogP) is 4.59. The molecule has 1 aliphatic carbocycles. The van der Waals surface area contributed by atoms with Gasteiger partial charge in [-0.25, -0.2) is 9.98 Å².